The number of carbonyl (C=O) groups is 1. The van der Waals surface area contributed by atoms with Crippen molar-refractivity contribution in [2.75, 3.05) is 0 Å². The van der Waals surface area contributed by atoms with Crippen LogP contribution >= 0.6 is 15.9 Å². The summed E-state index contributed by atoms with van der Waals surface area (Å²) in [4.78, 5) is 11.7. The largest absolute Gasteiger partial charge is 0.464 e. The van der Waals surface area contributed by atoms with Crippen LogP contribution in [0.3, 0.4) is 0 Å². The lowest BCUT2D eigenvalue weighted by Gasteiger charge is -2.05. The summed E-state index contributed by atoms with van der Waals surface area (Å²) in [7, 11) is 0. The van der Waals surface area contributed by atoms with Crippen molar-refractivity contribution < 1.29 is 9.21 Å². The van der Waals surface area contributed by atoms with Crippen molar-refractivity contribution >= 4 is 32.7 Å². The predicted octanol–water partition coefficient (Wildman–Crippen LogP) is 3.79. The number of benzene rings is 1. The molecule has 1 heterocycles. The molecule has 2 nitrogen and oxygen atoms in total. The number of alkyl halides is 1. The average Bonchev–Trinajstić information content (AvgIpc) is 2.73. The number of furan rings is 1. The molecule has 0 saturated heterocycles. The van der Waals surface area contributed by atoms with E-state index < -0.39 is 0 Å². The highest BCUT2D eigenvalue weighted by atomic mass is 79.9. The highest BCUT2D eigenvalue weighted by molar-refractivity contribution is 9.10. The van der Waals surface area contributed by atoms with Gasteiger partial charge in [-0.1, -0.05) is 35.0 Å². The van der Waals surface area contributed by atoms with Crippen molar-refractivity contribution in [3.05, 3.63) is 36.1 Å². The summed E-state index contributed by atoms with van der Waals surface area (Å²) in [5, 5.41) is 1.02. The summed E-state index contributed by atoms with van der Waals surface area (Å²) in [5.41, 5.74) is 1.46. The van der Waals surface area contributed by atoms with Crippen LogP contribution in [-0.2, 0) is 0 Å². The van der Waals surface area contributed by atoms with Crippen LogP contribution in [0.4, 0.5) is 0 Å². The SMILES string of the molecule is CCC(Br)C(=O)c1ccc2ccoc2c1. The first-order chi connectivity index (χ1) is 7.22. The van der Waals surface area contributed by atoms with Crippen LogP contribution in [0, 0.1) is 0 Å². The van der Waals surface area contributed by atoms with Crippen LogP contribution in [-0.4, -0.2) is 10.6 Å². The summed E-state index contributed by atoms with van der Waals surface area (Å²) in [6, 6.07) is 7.42. The van der Waals surface area contributed by atoms with Crippen LogP contribution in [0.5, 0.6) is 0 Å². The van der Waals surface area contributed by atoms with E-state index in [4.69, 9.17) is 4.42 Å². The molecule has 0 amide bonds. The molecule has 3 heteroatoms. The third kappa shape index (κ3) is 1.97. The fraction of sp³-hybridized carbons (Fsp3) is 0.250. The Hall–Kier alpha value is -1.09. The molecule has 0 N–H and O–H groups in total. The van der Waals surface area contributed by atoms with Crippen LogP contribution in [0.15, 0.2) is 34.9 Å². The first kappa shape index (κ1) is 10.4. The van der Waals surface area contributed by atoms with Crippen LogP contribution in [0.25, 0.3) is 11.0 Å². The normalized spacial score (nSPS) is 12.9. The molecule has 78 valence electrons. The molecule has 0 aliphatic carbocycles. The number of halogens is 1. The van der Waals surface area contributed by atoms with Crippen molar-refractivity contribution in [2.45, 2.75) is 18.2 Å². The zero-order valence-corrected chi connectivity index (χ0v) is 9.95. The molecule has 0 aliphatic rings. The Labute approximate surface area is 96.4 Å². The minimum Gasteiger partial charge on any atom is -0.464 e. The Kier molecular flexibility index (Phi) is 2.91. The molecule has 0 saturated carbocycles. The number of Topliss-reactive ketones (excluding diaryl/α,β-unsaturated/α-hetero) is 1. The molecular weight excluding hydrogens is 256 g/mol. The second-order valence-corrected chi connectivity index (χ2v) is 4.52. The smallest absolute Gasteiger partial charge is 0.176 e. The van der Waals surface area contributed by atoms with E-state index in [0.29, 0.717) is 5.56 Å². The minimum atomic E-state index is -0.107. The van der Waals surface area contributed by atoms with Crippen LogP contribution < -0.4 is 0 Å². The molecule has 2 rings (SSSR count). The zero-order chi connectivity index (χ0) is 10.8. The lowest BCUT2D eigenvalue weighted by Crippen LogP contribution is -2.12. The van der Waals surface area contributed by atoms with Crippen molar-refractivity contribution in [3.63, 3.8) is 0 Å². The second-order valence-electron chi connectivity index (χ2n) is 3.41. The number of hydrogen-bond donors (Lipinski definition) is 0. The lowest BCUT2D eigenvalue weighted by molar-refractivity contribution is 0.0990. The Bertz CT molecular complexity index is 487. The van der Waals surface area contributed by atoms with Crippen LogP contribution in [0.1, 0.15) is 23.7 Å². The van der Waals surface area contributed by atoms with E-state index in [0.717, 1.165) is 17.4 Å². The maximum Gasteiger partial charge on any atom is 0.176 e. The fourth-order valence-corrected chi connectivity index (χ4v) is 1.74. The summed E-state index contributed by atoms with van der Waals surface area (Å²) < 4.78 is 5.25. The molecule has 15 heavy (non-hydrogen) atoms. The highest BCUT2D eigenvalue weighted by Gasteiger charge is 2.15. The van der Waals surface area contributed by atoms with Gasteiger partial charge in [-0.3, -0.25) is 4.79 Å². The molecule has 0 bridgehead atoms. The van der Waals surface area contributed by atoms with Gasteiger partial charge in [0.2, 0.25) is 0 Å². The third-order valence-electron chi connectivity index (χ3n) is 2.38. The van der Waals surface area contributed by atoms with Crippen molar-refractivity contribution in [1.29, 1.82) is 0 Å². The second kappa shape index (κ2) is 4.19. The van der Waals surface area contributed by atoms with E-state index in [2.05, 4.69) is 15.9 Å². The van der Waals surface area contributed by atoms with Crippen LogP contribution in [0.2, 0.25) is 0 Å². The number of hydrogen-bond acceptors (Lipinski definition) is 2. The molecule has 1 unspecified atom stereocenters. The molecule has 0 aliphatic heterocycles. The Morgan fingerprint density at radius 1 is 1.47 bits per heavy atom. The van der Waals surface area contributed by atoms with Gasteiger partial charge in [0.1, 0.15) is 5.58 Å². The minimum absolute atomic E-state index is 0.107. The van der Waals surface area contributed by atoms with E-state index in [1.54, 1.807) is 12.3 Å². The van der Waals surface area contributed by atoms with Gasteiger partial charge in [-0.25, -0.2) is 0 Å². The number of carbonyl (C=O) groups excluding carboxylic acids is 1. The van der Waals surface area contributed by atoms with E-state index in [1.165, 1.54) is 0 Å². The molecule has 2 aromatic rings. The summed E-state index contributed by atoms with van der Waals surface area (Å²) >= 11 is 3.35. The van der Waals surface area contributed by atoms with Crippen molar-refractivity contribution in [1.82, 2.24) is 0 Å². The molecule has 1 atom stereocenters. The lowest BCUT2D eigenvalue weighted by atomic mass is 10.1. The first-order valence-electron chi connectivity index (χ1n) is 4.88. The van der Waals surface area contributed by atoms with Gasteiger partial charge >= 0.3 is 0 Å². The predicted molar refractivity (Wildman–Crippen MR) is 63.6 cm³/mol. The monoisotopic (exact) mass is 266 g/mol. The molecule has 0 fully saturated rings. The van der Waals surface area contributed by atoms with E-state index in [9.17, 15) is 4.79 Å². The average molecular weight is 267 g/mol. The maximum absolute atomic E-state index is 11.9. The van der Waals surface area contributed by atoms with Gasteiger partial charge in [-0.15, -0.1) is 0 Å². The molecule has 0 radical (unpaired) electrons. The van der Waals surface area contributed by atoms with Gasteiger partial charge in [0.15, 0.2) is 5.78 Å². The Morgan fingerprint density at radius 2 is 2.27 bits per heavy atom. The standard InChI is InChI=1S/C12H11BrO2/c1-2-10(13)12(14)9-4-3-8-5-6-15-11(8)7-9/h3-7,10H,2H2,1H3. The maximum atomic E-state index is 11.9. The number of fused-ring (bicyclic) bond motifs is 1. The van der Waals surface area contributed by atoms with Gasteiger partial charge in [0, 0.05) is 10.9 Å². The first-order valence-corrected chi connectivity index (χ1v) is 5.79. The van der Waals surface area contributed by atoms with Gasteiger partial charge in [0.05, 0.1) is 11.1 Å². The van der Waals surface area contributed by atoms with Crippen molar-refractivity contribution in [2.24, 2.45) is 0 Å². The molecule has 0 spiro atoms. The molecule has 1 aromatic heterocycles. The number of ketones is 1. The summed E-state index contributed by atoms with van der Waals surface area (Å²) in [6.07, 6.45) is 2.42. The zero-order valence-electron chi connectivity index (χ0n) is 8.37. The van der Waals surface area contributed by atoms with E-state index in [-0.39, 0.29) is 10.6 Å². The fourth-order valence-electron chi connectivity index (χ4n) is 1.47. The van der Waals surface area contributed by atoms with Gasteiger partial charge in [0.25, 0.3) is 0 Å². The summed E-state index contributed by atoms with van der Waals surface area (Å²) in [6.45, 7) is 1.97. The molecular formula is C12H11BrO2. The van der Waals surface area contributed by atoms with Gasteiger partial charge in [-0.2, -0.15) is 0 Å². The van der Waals surface area contributed by atoms with Gasteiger partial charge < -0.3 is 4.42 Å². The third-order valence-corrected chi connectivity index (χ3v) is 3.45. The number of rotatable bonds is 3. The van der Waals surface area contributed by atoms with E-state index in [1.807, 2.05) is 25.1 Å². The van der Waals surface area contributed by atoms with E-state index >= 15 is 0 Å². The molecule has 1 aromatic carbocycles. The highest BCUT2D eigenvalue weighted by Crippen LogP contribution is 2.20. The Balaban J connectivity index is 2.39. The van der Waals surface area contributed by atoms with Crippen molar-refractivity contribution in [3.8, 4) is 0 Å². The quantitative estimate of drug-likeness (QED) is 0.625. The Morgan fingerprint density at radius 3 is 3.00 bits per heavy atom. The van der Waals surface area contributed by atoms with Gasteiger partial charge in [-0.05, 0) is 18.6 Å². The topological polar surface area (TPSA) is 30.2 Å². The summed E-state index contributed by atoms with van der Waals surface area (Å²) in [5.74, 6) is 0.107.